The average molecular weight is 445 g/mol. The molecule has 1 aliphatic rings. The smallest absolute Gasteiger partial charge is 0.243 e. The number of carbonyl (C=O) groups excluding carboxylic acids is 1. The van der Waals surface area contributed by atoms with E-state index in [-0.39, 0.29) is 29.2 Å². The van der Waals surface area contributed by atoms with Gasteiger partial charge < -0.3 is 10.1 Å². The molecule has 168 valence electrons. The minimum Gasteiger partial charge on any atom is -0.489 e. The molecule has 3 rings (SSSR count). The fraction of sp³-hybridized carbons (Fsp3) is 0.458. The van der Waals surface area contributed by atoms with E-state index in [1.165, 1.54) is 10.4 Å². The van der Waals surface area contributed by atoms with Crippen LogP contribution < -0.4 is 10.1 Å². The van der Waals surface area contributed by atoms with Gasteiger partial charge in [-0.05, 0) is 56.4 Å². The number of anilines is 1. The van der Waals surface area contributed by atoms with Gasteiger partial charge in [0.1, 0.15) is 5.75 Å². The highest BCUT2D eigenvalue weighted by molar-refractivity contribution is 7.89. The zero-order valence-electron chi connectivity index (χ0n) is 18.5. The van der Waals surface area contributed by atoms with Crippen LogP contribution in [0.4, 0.5) is 5.69 Å². The first-order valence-corrected chi connectivity index (χ1v) is 12.4. The predicted octanol–water partition coefficient (Wildman–Crippen LogP) is 4.78. The Hall–Kier alpha value is -2.38. The summed E-state index contributed by atoms with van der Waals surface area (Å²) >= 11 is 0. The van der Waals surface area contributed by atoms with E-state index in [2.05, 4.69) is 5.32 Å². The first-order chi connectivity index (χ1) is 14.8. The van der Waals surface area contributed by atoms with Gasteiger partial charge >= 0.3 is 0 Å². The second kappa shape index (κ2) is 10.3. The summed E-state index contributed by atoms with van der Waals surface area (Å²) in [6.07, 6.45) is 2.97. The second-order valence-corrected chi connectivity index (χ2v) is 10.3. The van der Waals surface area contributed by atoms with Gasteiger partial charge in [-0.1, -0.05) is 43.7 Å². The van der Waals surface area contributed by atoms with Crippen LogP contribution in [0.3, 0.4) is 0 Å². The molecule has 6 nitrogen and oxygen atoms in total. The van der Waals surface area contributed by atoms with Gasteiger partial charge in [0, 0.05) is 19.5 Å². The summed E-state index contributed by atoms with van der Waals surface area (Å²) in [4.78, 5) is 12.9. The van der Waals surface area contributed by atoms with Crippen molar-refractivity contribution in [2.45, 2.75) is 63.4 Å². The molecule has 0 bridgehead atoms. The van der Waals surface area contributed by atoms with Crippen molar-refractivity contribution >= 4 is 21.6 Å². The minimum absolute atomic E-state index is 0.0379. The standard InChI is InChI=1S/C24H32N2O4S/c1-18(2)30-23-13-12-21(31(28,29)26-14-8-5-9-15-26)17-22(23)25-24(27)16-19(3)20-10-6-4-7-11-20/h4,6-7,10-13,17-19H,5,8-9,14-16H2,1-3H3,(H,25,27). The number of rotatable bonds is 8. The van der Waals surface area contributed by atoms with E-state index in [1.807, 2.05) is 51.1 Å². The van der Waals surface area contributed by atoms with E-state index in [0.717, 1.165) is 24.8 Å². The van der Waals surface area contributed by atoms with Gasteiger partial charge in [0.15, 0.2) is 0 Å². The van der Waals surface area contributed by atoms with Gasteiger partial charge in [-0.2, -0.15) is 4.31 Å². The Morgan fingerprint density at radius 3 is 2.35 bits per heavy atom. The molecule has 7 heteroatoms. The van der Waals surface area contributed by atoms with Gasteiger partial charge in [0.25, 0.3) is 0 Å². The molecule has 0 spiro atoms. The Morgan fingerprint density at radius 1 is 1.03 bits per heavy atom. The molecule has 1 amide bonds. The lowest BCUT2D eigenvalue weighted by molar-refractivity contribution is -0.116. The molecule has 1 aliphatic heterocycles. The third-order valence-electron chi connectivity index (χ3n) is 5.40. The van der Waals surface area contributed by atoms with Crippen molar-refractivity contribution in [2.24, 2.45) is 0 Å². The number of nitrogens with one attached hydrogen (secondary N) is 1. The lowest BCUT2D eigenvalue weighted by Gasteiger charge is -2.26. The molecule has 1 unspecified atom stereocenters. The Bertz CT molecular complexity index is 984. The quantitative estimate of drug-likeness (QED) is 0.636. The van der Waals surface area contributed by atoms with Crippen molar-refractivity contribution in [3.63, 3.8) is 0 Å². The van der Waals surface area contributed by atoms with E-state index in [9.17, 15) is 13.2 Å². The van der Waals surface area contributed by atoms with Crippen LogP contribution in [0.1, 0.15) is 57.9 Å². The zero-order chi connectivity index (χ0) is 22.4. The summed E-state index contributed by atoms with van der Waals surface area (Å²) < 4.78 is 33.5. The molecule has 0 saturated carbocycles. The van der Waals surface area contributed by atoms with E-state index >= 15 is 0 Å². The predicted molar refractivity (Wildman–Crippen MR) is 123 cm³/mol. The lowest BCUT2D eigenvalue weighted by Crippen LogP contribution is -2.35. The van der Waals surface area contributed by atoms with Crippen LogP contribution in [-0.2, 0) is 14.8 Å². The third kappa shape index (κ3) is 6.08. The zero-order valence-corrected chi connectivity index (χ0v) is 19.3. The van der Waals surface area contributed by atoms with Crippen molar-refractivity contribution in [2.75, 3.05) is 18.4 Å². The molecule has 0 radical (unpaired) electrons. The highest BCUT2D eigenvalue weighted by Crippen LogP contribution is 2.31. The van der Waals surface area contributed by atoms with Gasteiger partial charge in [-0.3, -0.25) is 4.79 Å². The van der Waals surface area contributed by atoms with Crippen molar-refractivity contribution in [1.29, 1.82) is 0 Å². The number of carbonyl (C=O) groups is 1. The third-order valence-corrected chi connectivity index (χ3v) is 7.30. The fourth-order valence-electron chi connectivity index (χ4n) is 3.76. The molecular formula is C24H32N2O4S. The van der Waals surface area contributed by atoms with Crippen molar-refractivity contribution in [3.05, 3.63) is 54.1 Å². The second-order valence-electron chi connectivity index (χ2n) is 8.35. The van der Waals surface area contributed by atoms with Crippen LogP contribution in [0.5, 0.6) is 5.75 Å². The number of nitrogens with zero attached hydrogens (tertiary/aromatic N) is 1. The van der Waals surface area contributed by atoms with Crippen molar-refractivity contribution in [3.8, 4) is 5.75 Å². The number of sulfonamides is 1. The Balaban J connectivity index is 1.82. The molecule has 0 aromatic heterocycles. The number of benzene rings is 2. The van der Waals surface area contributed by atoms with Gasteiger partial charge in [-0.15, -0.1) is 0 Å². The molecule has 2 aromatic rings. The van der Waals surface area contributed by atoms with Crippen LogP contribution in [0.2, 0.25) is 0 Å². The molecule has 1 N–H and O–H groups in total. The fourth-order valence-corrected chi connectivity index (χ4v) is 5.30. The molecule has 1 atom stereocenters. The summed E-state index contributed by atoms with van der Waals surface area (Å²) in [5, 5.41) is 2.89. The first-order valence-electron chi connectivity index (χ1n) is 10.9. The van der Waals surface area contributed by atoms with Crippen LogP contribution in [0, 0.1) is 0 Å². The van der Waals surface area contributed by atoms with E-state index in [4.69, 9.17) is 4.74 Å². The van der Waals surface area contributed by atoms with Crippen LogP contribution in [0.15, 0.2) is 53.4 Å². The SMILES string of the molecule is CC(C)Oc1ccc(S(=O)(=O)N2CCCCC2)cc1NC(=O)CC(C)c1ccccc1. The highest BCUT2D eigenvalue weighted by Gasteiger charge is 2.27. The largest absolute Gasteiger partial charge is 0.489 e. The summed E-state index contributed by atoms with van der Waals surface area (Å²) in [6, 6.07) is 14.6. The monoisotopic (exact) mass is 444 g/mol. The first kappa shape index (κ1) is 23.3. The molecule has 1 fully saturated rings. The van der Waals surface area contributed by atoms with Crippen LogP contribution in [0.25, 0.3) is 0 Å². The van der Waals surface area contributed by atoms with Gasteiger partial charge in [-0.25, -0.2) is 8.42 Å². The average Bonchev–Trinajstić information content (AvgIpc) is 2.75. The summed E-state index contributed by atoms with van der Waals surface area (Å²) in [5.74, 6) is 0.321. The molecule has 31 heavy (non-hydrogen) atoms. The van der Waals surface area contributed by atoms with Gasteiger partial charge in [0.05, 0.1) is 16.7 Å². The number of piperidine rings is 1. The topological polar surface area (TPSA) is 75.7 Å². The maximum Gasteiger partial charge on any atom is 0.243 e. The number of amides is 1. The van der Waals surface area contributed by atoms with E-state index < -0.39 is 10.0 Å². The number of hydrogen-bond acceptors (Lipinski definition) is 4. The highest BCUT2D eigenvalue weighted by atomic mass is 32.2. The molecular weight excluding hydrogens is 412 g/mol. The van der Waals surface area contributed by atoms with E-state index in [0.29, 0.717) is 24.5 Å². The Morgan fingerprint density at radius 2 is 1.71 bits per heavy atom. The lowest BCUT2D eigenvalue weighted by atomic mass is 9.97. The van der Waals surface area contributed by atoms with E-state index in [1.54, 1.807) is 12.1 Å². The number of hydrogen-bond donors (Lipinski definition) is 1. The summed E-state index contributed by atoms with van der Waals surface area (Å²) in [7, 11) is -3.61. The minimum atomic E-state index is -3.61. The normalized spacial score (nSPS) is 16.1. The maximum atomic E-state index is 13.1. The molecule has 1 saturated heterocycles. The molecule has 1 heterocycles. The van der Waals surface area contributed by atoms with Crippen LogP contribution in [-0.4, -0.2) is 37.8 Å². The van der Waals surface area contributed by atoms with Crippen molar-refractivity contribution < 1.29 is 17.9 Å². The van der Waals surface area contributed by atoms with Gasteiger partial charge in [0.2, 0.25) is 15.9 Å². The molecule has 2 aromatic carbocycles. The Labute approximate surface area is 185 Å². The molecule has 0 aliphatic carbocycles. The van der Waals surface area contributed by atoms with Crippen molar-refractivity contribution in [1.82, 2.24) is 4.31 Å². The summed E-state index contributed by atoms with van der Waals surface area (Å²) in [6.45, 7) is 6.84. The Kier molecular flexibility index (Phi) is 7.73. The van der Waals surface area contributed by atoms with Crippen LogP contribution >= 0.6 is 0 Å². The number of ether oxygens (including phenoxy) is 1. The maximum absolute atomic E-state index is 13.1. The summed E-state index contributed by atoms with van der Waals surface area (Å²) in [5.41, 5.74) is 1.47.